The number of amides is 2. The summed E-state index contributed by atoms with van der Waals surface area (Å²) in [7, 11) is 0. The summed E-state index contributed by atoms with van der Waals surface area (Å²) in [5.74, 6) is -0.823. The second kappa shape index (κ2) is 8.21. The number of carbonyl (C=O) groups excluding carboxylic acids is 2. The standard InChI is InChI=1S/C16H22N2O3/c1-4-7-9-12(8-5-2)13(6-3)14(17)15(19)18-10-11-21-16(18)20/h4-9,13-14H,3,10-11,17H2,1-2H3/b7-4-,8-5-,12-9+/t13-,14+/m1/s1. The van der Waals surface area contributed by atoms with E-state index in [9.17, 15) is 9.59 Å². The summed E-state index contributed by atoms with van der Waals surface area (Å²) in [6, 6.07) is -0.874. The first kappa shape index (κ1) is 16.9. The zero-order valence-electron chi connectivity index (χ0n) is 12.5. The molecular weight excluding hydrogens is 268 g/mol. The van der Waals surface area contributed by atoms with E-state index in [-0.39, 0.29) is 19.1 Å². The number of hydrogen-bond donors (Lipinski definition) is 1. The molecule has 2 N–H and O–H groups in total. The van der Waals surface area contributed by atoms with Gasteiger partial charge in [-0.1, -0.05) is 36.5 Å². The predicted molar refractivity (Wildman–Crippen MR) is 82.4 cm³/mol. The van der Waals surface area contributed by atoms with Gasteiger partial charge in [-0.2, -0.15) is 0 Å². The molecule has 1 fully saturated rings. The smallest absolute Gasteiger partial charge is 0.416 e. The molecule has 0 bridgehead atoms. The maximum Gasteiger partial charge on any atom is 0.416 e. The second-order valence-corrected chi connectivity index (χ2v) is 4.58. The molecule has 1 rings (SSSR count). The van der Waals surface area contributed by atoms with Crippen LogP contribution in [0.5, 0.6) is 0 Å². The predicted octanol–water partition coefficient (Wildman–Crippen LogP) is 2.17. The van der Waals surface area contributed by atoms with Gasteiger partial charge in [-0.3, -0.25) is 4.79 Å². The van der Waals surface area contributed by atoms with Crippen molar-refractivity contribution in [3.05, 3.63) is 48.6 Å². The van der Waals surface area contributed by atoms with Crippen LogP contribution in [0.2, 0.25) is 0 Å². The fourth-order valence-corrected chi connectivity index (χ4v) is 2.09. The van der Waals surface area contributed by atoms with Gasteiger partial charge in [0.25, 0.3) is 0 Å². The molecular formula is C16H22N2O3. The average molecular weight is 290 g/mol. The van der Waals surface area contributed by atoms with Crippen LogP contribution in [0.1, 0.15) is 13.8 Å². The molecule has 2 atom stereocenters. The van der Waals surface area contributed by atoms with E-state index in [0.717, 1.165) is 10.5 Å². The highest BCUT2D eigenvalue weighted by Crippen LogP contribution is 2.20. The minimum absolute atomic E-state index is 0.214. The summed E-state index contributed by atoms with van der Waals surface area (Å²) >= 11 is 0. The van der Waals surface area contributed by atoms with Crippen molar-refractivity contribution in [1.82, 2.24) is 4.90 Å². The summed E-state index contributed by atoms with van der Waals surface area (Å²) in [5, 5.41) is 0. The topological polar surface area (TPSA) is 72.6 Å². The molecule has 0 unspecified atom stereocenters. The number of hydrogen-bond acceptors (Lipinski definition) is 4. The van der Waals surface area contributed by atoms with Crippen molar-refractivity contribution in [2.45, 2.75) is 19.9 Å². The number of ether oxygens (including phenoxy) is 1. The number of nitrogens with two attached hydrogens (primary N) is 1. The Morgan fingerprint density at radius 3 is 2.62 bits per heavy atom. The van der Waals surface area contributed by atoms with Crippen molar-refractivity contribution in [1.29, 1.82) is 0 Å². The van der Waals surface area contributed by atoms with Crippen LogP contribution in [0.3, 0.4) is 0 Å². The maximum atomic E-state index is 12.3. The van der Waals surface area contributed by atoms with Gasteiger partial charge in [0, 0.05) is 5.92 Å². The van der Waals surface area contributed by atoms with E-state index in [4.69, 9.17) is 10.5 Å². The molecule has 1 heterocycles. The molecule has 0 aliphatic carbocycles. The number of rotatable bonds is 6. The molecule has 1 aliphatic rings. The Bertz CT molecular complexity index is 492. The molecule has 0 spiro atoms. The lowest BCUT2D eigenvalue weighted by Gasteiger charge is -2.23. The minimum atomic E-state index is -0.874. The van der Waals surface area contributed by atoms with Gasteiger partial charge in [-0.15, -0.1) is 6.58 Å². The Hall–Kier alpha value is -2.14. The Morgan fingerprint density at radius 1 is 1.43 bits per heavy atom. The fourth-order valence-electron chi connectivity index (χ4n) is 2.09. The van der Waals surface area contributed by atoms with Gasteiger partial charge in [-0.25, -0.2) is 9.69 Å². The van der Waals surface area contributed by atoms with Crippen LogP contribution in [-0.2, 0) is 9.53 Å². The van der Waals surface area contributed by atoms with Crippen molar-refractivity contribution < 1.29 is 14.3 Å². The molecule has 0 aromatic heterocycles. The van der Waals surface area contributed by atoms with Gasteiger partial charge in [0.15, 0.2) is 0 Å². The van der Waals surface area contributed by atoms with E-state index >= 15 is 0 Å². The lowest BCUT2D eigenvalue weighted by molar-refractivity contribution is -0.129. The lowest BCUT2D eigenvalue weighted by Crippen LogP contribution is -2.48. The highest BCUT2D eigenvalue weighted by Gasteiger charge is 2.35. The van der Waals surface area contributed by atoms with Crippen molar-refractivity contribution in [2.24, 2.45) is 11.7 Å². The Kier molecular flexibility index (Phi) is 6.62. The van der Waals surface area contributed by atoms with E-state index in [1.165, 1.54) is 0 Å². The molecule has 0 radical (unpaired) electrons. The highest BCUT2D eigenvalue weighted by molar-refractivity contribution is 5.96. The Balaban J connectivity index is 2.98. The molecule has 5 nitrogen and oxygen atoms in total. The Morgan fingerprint density at radius 2 is 2.14 bits per heavy atom. The summed E-state index contributed by atoms with van der Waals surface area (Å²) < 4.78 is 4.77. The minimum Gasteiger partial charge on any atom is -0.447 e. The lowest BCUT2D eigenvalue weighted by atomic mass is 9.90. The molecule has 0 aromatic carbocycles. The molecule has 0 saturated carbocycles. The first-order chi connectivity index (χ1) is 10.1. The van der Waals surface area contributed by atoms with Crippen molar-refractivity contribution in [2.75, 3.05) is 13.2 Å². The van der Waals surface area contributed by atoms with Crippen LogP contribution in [0, 0.1) is 5.92 Å². The number of allylic oxidation sites excluding steroid dienone is 5. The summed E-state index contributed by atoms with van der Waals surface area (Å²) in [6.45, 7) is 8.00. The first-order valence-electron chi connectivity index (χ1n) is 6.88. The number of carbonyl (C=O) groups is 2. The highest BCUT2D eigenvalue weighted by atomic mass is 16.6. The zero-order chi connectivity index (χ0) is 15.8. The van der Waals surface area contributed by atoms with Crippen LogP contribution < -0.4 is 5.73 Å². The van der Waals surface area contributed by atoms with Gasteiger partial charge in [0.05, 0.1) is 12.6 Å². The maximum absolute atomic E-state index is 12.3. The summed E-state index contributed by atoms with van der Waals surface area (Å²) in [4.78, 5) is 24.8. The average Bonchev–Trinajstić information content (AvgIpc) is 2.90. The number of nitrogens with zero attached hydrogens (tertiary/aromatic N) is 1. The second-order valence-electron chi connectivity index (χ2n) is 4.58. The quantitative estimate of drug-likeness (QED) is 0.601. The SMILES string of the molecule is C=C[C@H](C(/C=C\C)=C/C=C\C)[C@H](N)C(=O)N1CCOC1=O. The van der Waals surface area contributed by atoms with Crippen molar-refractivity contribution in [3.63, 3.8) is 0 Å². The number of imide groups is 1. The zero-order valence-corrected chi connectivity index (χ0v) is 12.5. The fraction of sp³-hybridized carbons (Fsp3) is 0.375. The van der Waals surface area contributed by atoms with E-state index < -0.39 is 18.0 Å². The first-order valence-corrected chi connectivity index (χ1v) is 6.88. The van der Waals surface area contributed by atoms with E-state index in [1.54, 1.807) is 6.08 Å². The van der Waals surface area contributed by atoms with E-state index in [0.29, 0.717) is 0 Å². The molecule has 114 valence electrons. The molecule has 1 saturated heterocycles. The molecule has 1 aliphatic heterocycles. The largest absolute Gasteiger partial charge is 0.447 e. The summed E-state index contributed by atoms with van der Waals surface area (Å²) in [6.07, 6.45) is 10.4. The Labute approximate surface area is 125 Å². The molecule has 5 heteroatoms. The van der Waals surface area contributed by atoms with Crippen molar-refractivity contribution in [3.8, 4) is 0 Å². The van der Waals surface area contributed by atoms with E-state index in [2.05, 4.69) is 6.58 Å². The van der Waals surface area contributed by atoms with Crippen LogP contribution in [0.15, 0.2) is 48.6 Å². The van der Waals surface area contributed by atoms with E-state index in [1.807, 2.05) is 44.2 Å². The monoisotopic (exact) mass is 290 g/mol. The van der Waals surface area contributed by atoms with Gasteiger partial charge < -0.3 is 10.5 Å². The summed E-state index contributed by atoms with van der Waals surface area (Å²) in [5.41, 5.74) is 6.91. The third-order valence-electron chi connectivity index (χ3n) is 3.18. The van der Waals surface area contributed by atoms with Crippen LogP contribution in [0.4, 0.5) is 4.79 Å². The van der Waals surface area contributed by atoms with Gasteiger partial charge >= 0.3 is 6.09 Å². The van der Waals surface area contributed by atoms with Crippen molar-refractivity contribution >= 4 is 12.0 Å². The molecule has 2 amide bonds. The van der Waals surface area contributed by atoms with Crippen LogP contribution in [0.25, 0.3) is 0 Å². The van der Waals surface area contributed by atoms with Crippen LogP contribution in [-0.4, -0.2) is 36.1 Å². The van der Waals surface area contributed by atoms with Gasteiger partial charge in [0.2, 0.25) is 5.91 Å². The third kappa shape index (κ3) is 4.16. The molecule has 21 heavy (non-hydrogen) atoms. The third-order valence-corrected chi connectivity index (χ3v) is 3.18. The van der Waals surface area contributed by atoms with Gasteiger partial charge in [-0.05, 0) is 19.4 Å². The normalized spacial score (nSPS) is 19.1. The number of cyclic esters (lactones) is 1. The van der Waals surface area contributed by atoms with Crippen LogP contribution >= 0.6 is 0 Å². The van der Waals surface area contributed by atoms with Gasteiger partial charge in [0.1, 0.15) is 6.61 Å². The molecule has 0 aromatic rings.